The summed E-state index contributed by atoms with van der Waals surface area (Å²) in [5, 5.41) is 2.74. The van der Waals surface area contributed by atoms with Gasteiger partial charge in [0.05, 0.1) is 11.3 Å². The molecule has 4 rings (SSSR count). The molecule has 0 radical (unpaired) electrons. The van der Waals surface area contributed by atoms with E-state index in [1.165, 1.54) is 12.1 Å². The second-order valence-electron chi connectivity index (χ2n) is 6.94. The van der Waals surface area contributed by atoms with E-state index < -0.39 is 11.7 Å². The Morgan fingerprint density at radius 1 is 1.19 bits per heavy atom. The minimum Gasteiger partial charge on any atom is -0.326 e. The average molecular weight is 373 g/mol. The number of hydrogen-bond acceptors (Lipinski definition) is 2. The van der Waals surface area contributed by atoms with Crippen molar-refractivity contribution in [1.29, 1.82) is 0 Å². The molecule has 1 unspecified atom stereocenters. The smallest absolute Gasteiger partial charge is 0.326 e. The minimum absolute atomic E-state index is 0.178. The summed E-state index contributed by atoms with van der Waals surface area (Å²) in [7, 11) is 0. The van der Waals surface area contributed by atoms with Crippen LogP contribution in [-0.4, -0.2) is 15.3 Å². The molecular formula is C20H18F3N3O. The van der Waals surface area contributed by atoms with Gasteiger partial charge in [-0.1, -0.05) is 6.07 Å². The van der Waals surface area contributed by atoms with Gasteiger partial charge in [0.2, 0.25) is 5.91 Å². The van der Waals surface area contributed by atoms with E-state index in [-0.39, 0.29) is 11.8 Å². The highest BCUT2D eigenvalue weighted by atomic mass is 19.4. The summed E-state index contributed by atoms with van der Waals surface area (Å²) >= 11 is 0. The predicted molar refractivity (Wildman–Crippen MR) is 95.5 cm³/mol. The monoisotopic (exact) mass is 373 g/mol. The highest BCUT2D eigenvalue weighted by Gasteiger charge is 2.31. The number of anilines is 1. The summed E-state index contributed by atoms with van der Waals surface area (Å²) in [6, 6.07) is 8.48. The fraction of sp³-hybridized carbons (Fsp3) is 0.300. The number of imidazole rings is 1. The molecule has 0 bridgehead atoms. The Hall–Kier alpha value is -2.83. The number of carbonyl (C=O) groups is 1. The van der Waals surface area contributed by atoms with E-state index in [0.29, 0.717) is 24.9 Å². The Morgan fingerprint density at radius 3 is 2.63 bits per heavy atom. The van der Waals surface area contributed by atoms with Crippen LogP contribution < -0.4 is 5.32 Å². The molecule has 4 nitrogen and oxygen atoms in total. The van der Waals surface area contributed by atoms with E-state index in [1.807, 2.05) is 29.7 Å². The van der Waals surface area contributed by atoms with Crippen molar-refractivity contribution in [3.8, 4) is 0 Å². The fourth-order valence-electron chi connectivity index (χ4n) is 3.52. The van der Waals surface area contributed by atoms with Crippen LogP contribution in [0.4, 0.5) is 18.9 Å². The van der Waals surface area contributed by atoms with E-state index in [9.17, 15) is 18.0 Å². The van der Waals surface area contributed by atoms with Gasteiger partial charge in [-0.15, -0.1) is 0 Å². The van der Waals surface area contributed by atoms with Gasteiger partial charge in [-0.25, -0.2) is 4.98 Å². The van der Waals surface area contributed by atoms with E-state index in [0.717, 1.165) is 34.7 Å². The van der Waals surface area contributed by atoms with Gasteiger partial charge < -0.3 is 9.72 Å². The number of nitrogens with one attached hydrogen (secondary N) is 1. The van der Waals surface area contributed by atoms with Crippen LogP contribution in [0.2, 0.25) is 0 Å². The normalized spacial score (nSPS) is 17.0. The zero-order chi connectivity index (χ0) is 19.2. The average Bonchev–Trinajstić information content (AvgIpc) is 2.98. The number of carbonyl (C=O) groups excluding carboxylic acids is 1. The number of alkyl halides is 3. The summed E-state index contributed by atoms with van der Waals surface area (Å²) in [4.78, 5) is 17.3. The van der Waals surface area contributed by atoms with Crippen LogP contribution in [0.3, 0.4) is 0 Å². The van der Waals surface area contributed by atoms with E-state index >= 15 is 0 Å². The van der Waals surface area contributed by atoms with Crippen LogP contribution in [0.15, 0.2) is 42.6 Å². The van der Waals surface area contributed by atoms with E-state index in [2.05, 4.69) is 10.3 Å². The van der Waals surface area contributed by atoms with Crippen molar-refractivity contribution in [2.24, 2.45) is 5.92 Å². The SMILES string of the molecule is Cc1ccc2nc3c(n2c1)CC(C(=O)Nc1ccc(C(F)(F)F)cc1)CC3. The summed E-state index contributed by atoms with van der Waals surface area (Å²) in [6.45, 7) is 2.00. The molecule has 1 N–H and O–H groups in total. The third kappa shape index (κ3) is 3.41. The lowest BCUT2D eigenvalue weighted by atomic mass is 9.89. The third-order valence-corrected chi connectivity index (χ3v) is 4.97. The first-order chi connectivity index (χ1) is 12.8. The molecule has 2 heterocycles. The van der Waals surface area contributed by atoms with E-state index in [1.54, 1.807) is 0 Å². The fourth-order valence-corrected chi connectivity index (χ4v) is 3.52. The van der Waals surface area contributed by atoms with Crippen molar-refractivity contribution in [2.75, 3.05) is 5.32 Å². The van der Waals surface area contributed by atoms with Crippen LogP contribution in [0.5, 0.6) is 0 Å². The van der Waals surface area contributed by atoms with Gasteiger partial charge in [0, 0.05) is 29.9 Å². The van der Waals surface area contributed by atoms with Gasteiger partial charge in [-0.05, 0) is 55.7 Å². The molecule has 1 amide bonds. The second-order valence-corrected chi connectivity index (χ2v) is 6.94. The van der Waals surface area contributed by atoms with Gasteiger partial charge in [0.15, 0.2) is 0 Å². The lowest BCUT2D eigenvalue weighted by Gasteiger charge is -2.21. The number of pyridine rings is 1. The standard InChI is InChI=1S/C20H18F3N3O/c1-12-2-9-18-25-16-8-3-13(10-17(16)26(18)11-12)19(27)24-15-6-4-14(5-7-15)20(21,22)23/h2,4-7,9,11,13H,3,8,10H2,1H3,(H,24,27). The van der Waals surface area contributed by atoms with Crippen LogP contribution >= 0.6 is 0 Å². The number of nitrogens with zero attached hydrogens (tertiary/aromatic N) is 2. The van der Waals surface area contributed by atoms with Gasteiger partial charge in [-0.2, -0.15) is 13.2 Å². The van der Waals surface area contributed by atoms with Crippen LogP contribution in [-0.2, 0) is 23.8 Å². The number of amides is 1. The number of benzene rings is 1. The maximum atomic E-state index is 12.6. The lowest BCUT2D eigenvalue weighted by molar-refractivity contribution is -0.137. The second kappa shape index (κ2) is 6.40. The van der Waals surface area contributed by atoms with Crippen molar-refractivity contribution in [3.63, 3.8) is 0 Å². The van der Waals surface area contributed by atoms with Crippen LogP contribution in [0.25, 0.3) is 5.65 Å². The molecule has 3 aromatic rings. The molecule has 27 heavy (non-hydrogen) atoms. The Morgan fingerprint density at radius 2 is 1.93 bits per heavy atom. The molecule has 1 aliphatic rings. The Kier molecular flexibility index (Phi) is 4.17. The Labute approximate surface area is 154 Å². The summed E-state index contributed by atoms with van der Waals surface area (Å²) in [5.41, 5.74) is 3.66. The van der Waals surface area contributed by atoms with Gasteiger partial charge in [0.1, 0.15) is 5.65 Å². The first-order valence-corrected chi connectivity index (χ1v) is 8.76. The molecule has 0 saturated carbocycles. The number of aryl methyl sites for hydroxylation is 2. The predicted octanol–water partition coefficient (Wildman–Crippen LogP) is 4.41. The molecule has 2 aromatic heterocycles. The maximum Gasteiger partial charge on any atom is 0.416 e. The Bertz CT molecular complexity index is 1010. The third-order valence-electron chi connectivity index (χ3n) is 4.97. The van der Waals surface area contributed by atoms with E-state index in [4.69, 9.17) is 0 Å². The summed E-state index contributed by atoms with van der Waals surface area (Å²) in [6.07, 6.45) is -0.434. The molecule has 1 atom stereocenters. The van der Waals surface area contributed by atoms with Gasteiger partial charge >= 0.3 is 6.18 Å². The molecule has 140 valence electrons. The topological polar surface area (TPSA) is 46.4 Å². The summed E-state index contributed by atoms with van der Waals surface area (Å²) < 4.78 is 40.0. The zero-order valence-corrected chi connectivity index (χ0v) is 14.7. The van der Waals surface area contributed by atoms with Crippen molar-refractivity contribution >= 4 is 17.2 Å². The molecule has 1 aromatic carbocycles. The number of aromatic nitrogens is 2. The highest BCUT2D eigenvalue weighted by molar-refractivity contribution is 5.92. The molecule has 0 saturated heterocycles. The first-order valence-electron chi connectivity index (χ1n) is 8.76. The van der Waals surface area contributed by atoms with Crippen molar-refractivity contribution in [2.45, 2.75) is 32.4 Å². The quantitative estimate of drug-likeness (QED) is 0.724. The number of hydrogen-bond donors (Lipinski definition) is 1. The van der Waals surface area contributed by atoms with Crippen molar-refractivity contribution < 1.29 is 18.0 Å². The highest BCUT2D eigenvalue weighted by Crippen LogP contribution is 2.31. The van der Waals surface area contributed by atoms with Gasteiger partial charge in [-0.3, -0.25) is 4.79 Å². The summed E-state index contributed by atoms with van der Waals surface area (Å²) in [5.74, 6) is -0.414. The van der Waals surface area contributed by atoms with Gasteiger partial charge in [0.25, 0.3) is 0 Å². The molecular weight excluding hydrogens is 355 g/mol. The zero-order valence-electron chi connectivity index (χ0n) is 14.7. The van der Waals surface area contributed by atoms with Crippen molar-refractivity contribution in [3.05, 3.63) is 65.1 Å². The van der Waals surface area contributed by atoms with Crippen molar-refractivity contribution in [1.82, 2.24) is 9.38 Å². The molecule has 1 aliphatic carbocycles. The minimum atomic E-state index is -4.39. The van der Waals surface area contributed by atoms with Crippen LogP contribution in [0.1, 0.15) is 28.9 Å². The molecule has 7 heteroatoms. The maximum absolute atomic E-state index is 12.6. The largest absolute Gasteiger partial charge is 0.416 e. The molecule has 0 aliphatic heterocycles. The lowest BCUT2D eigenvalue weighted by Crippen LogP contribution is -2.28. The molecule has 0 spiro atoms. The number of rotatable bonds is 2. The Balaban J connectivity index is 1.51. The number of halogens is 3. The van der Waals surface area contributed by atoms with Crippen LogP contribution in [0, 0.1) is 12.8 Å². The number of fused-ring (bicyclic) bond motifs is 3. The first kappa shape index (κ1) is 17.6. The molecule has 0 fully saturated rings.